The van der Waals surface area contributed by atoms with Gasteiger partial charge < -0.3 is 10.6 Å². The van der Waals surface area contributed by atoms with E-state index in [-0.39, 0.29) is 0 Å². The summed E-state index contributed by atoms with van der Waals surface area (Å²) in [6.07, 6.45) is 3.57. The van der Waals surface area contributed by atoms with Crippen LogP contribution in [0, 0.1) is 0 Å². The van der Waals surface area contributed by atoms with Crippen molar-refractivity contribution in [3.63, 3.8) is 0 Å². The topological polar surface area (TPSA) is 48.8 Å². The van der Waals surface area contributed by atoms with Gasteiger partial charge in [-0.15, -0.1) is 0 Å². The highest BCUT2D eigenvalue weighted by molar-refractivity contribution is 5.83. The standard InChI is InChI=1S/C7H10N4/c1-5-8-3-6-7(2,11-5)10-4-9-6/h3-4H,1-2H3,(H,8,11)(H,9,10). The summed E-state index contributed by atoms with van der Waals surface area (Å²) < 4.78 is 0. The number of hydrogen-bond acceptors (Lipinski definition) is 4. The lowest BCUT2D eigenvalue weighted by atomic mass is 10.1. The molecule has 2 aliphatic rings. The lowest BCUT2D eigenvalue weighted by Gasteiger charge is -2.22. The molecule has 0 saturated heterocycles. The Morgan fingerprint density at radius 3 is 3.09 bits per heavy atom. The summed E-state index contributed by atoms with van der Waals surface area (Å²) in [5.41, 5.74) is 0.609. The van der Waals surface area contributed by atoms with E-state index >= 15 is 0 Å². The van der Waals surface area contributed by atoms with E-state index in [1.54, 1.807) is 6.34 Å². The number of hydrogen-bond donors (Lipinski definition) is 2. The maximum atomic E-state index is 4.35. The zero-order valence-corrected chi connectivity index (χ0v) is 6.55. The Hall–Kier alpha value is -1.32. The summed E-state index contributed by atoms with van der Waals surface area (Å²) in [4.78, 5) is 8.56. The Bertz CT molecular complexity index is 276. The van der Waals surface area contributed by atoms with E-state index in [1.807, 2.05) is 20.0 Å². The summed E-state index contributed by atoms with van der Waals surface area (Å²) >= 11 is 0. The van der Waals surface area contributed by atoms with Gasteiger partial charge in [0.25, 0.3) is 0 Å². The zero-order valence-electron chi connectivity index (χ0n) is 6.55. The van der Waals surface area contributed by atoms with Gasteiger partial charge in [-0.05, 0) is 13.8 Å². The van der Waals surface area contributed by atoms with Crippen LogP contribution in [0.15, 0.2) is 21.9 Å². The average molecular weight is 150 g/mol. The minimum atomic E-state index is -0.394. The monoisotopic (exact) mass is 150 g/mol. The second-order valence-corrected chi connectivity index (χ2v) is 2.82. The molecule has 0 spiro atoms. The van der Waals surface area contributed by atoms with Crippen molar-refractivity contribution >= 4 is 12.2 Å². The van der Waals surface area contributed by atoms with Crippen molar-refractivity contribution in [2.45, 2.75) is 19.5 Å². The predicted octanol–water partition coefficient (Wildman–Crippen LogP) is 0.197. The van der Waals surface area contributed by atoms with E-state index in [0.717, 1.165) is 11.5 Å². The molecule has 2 aliphatic heterocycles. The van der Waals surface area contributed by atoms with E-state index in [9.17, 15) is 0 Å². The summed E-state index contributed by atoms with van der Waals surface area (Å²) in [7, 11) is 0. The van der Waals surface area contributed by atoms with Crippen LogP contribution in [0.1, 0.15) is 13.8 Å². The molecule has 1 atom stereocenters. The van der Waals surface area contributed by atoms with Gasteiger partial charge in [-0.2, -0.15) is 0 Å². The van der Waals surface area contributed by atoms with Crippen molar-refractivity contribution in [2.75, 3.05) is 0 Å². The van der Waals surface area contributed by atoms with E-state index in [2.05, 4.69) is 20.6 Å². The molecule has 4 nitrogen and oxygen atoms in total. The molecule has 58 valence electrons. The molecule has 0 saturated carbocycles. The molecule has 0 amide bonds. The molecule has 0 aliphatic carbocycles. The quantitative estimate of drug-likeness (QED) is 0.518. The summed E-state index contributed by atoms with van der Waals surface area (Å²) in [6, 6.07) is 0. The van der Waals surface area contributed by atoms with Gasteiger partial charge in [0.2, 0.25) is 0 Å². The molecule has 0 aromatic heterocycles. The first-order valence-electron chi connectivity index (χ1n) is 3.55. The number of amidine groups is 1. The predicted molar refractivity (Wildman–Crippen MR) is 44.4 cm³/mol. The van der Waals surface area contributed by atoms with Crippen LogP contribution in [-0.2, 0) is 0 Å². The number of rotatable bonds is 0. The smallest absolute Gasteiger partial charge is 0.192 e. The van der Waals surface area contributed by atoms with Gasteiger partial charge in [-0.1, -0.05) is 0 Å². The van der Waals surface area contributed by atoms with E-state index in [0.29, 0.717) is 0 Å². The first kappa shape index (κ1) is 6.39. The number of fused-ring (bicyclic) bond motifs is 1. The van der Waals surface area contributed by atoms with Crippen LogP contribution >= 0.6 is 0 Å². The lowest BCUT2D eigenvalue weighted by molar-refractivity contribution is 0.577. The molecular formula is C7H10N4. The van der Waals surface area contributed by atoms with Gasteiger partial charge >= 0.3 is 0 Å². The van der Waals surface area contributed by atoms with Crippen molar-refractivity contribution in [3.05, 3.63) is 11.9 Å². The summed E-state index contributed by atoms with van der Waals surface area (Å²) in [6.45, 7) is 3.89. The first-order valence-corrected chi connectivity index (χ1v) is 3.55. The Morgan fingerprint density at radius 2 is 2.27 bits per heavy atom. The highest BCUT2D eigenvalue weighted by Gasteiger charge is 2.32. The Morgan fingerprint density at radius 1 is 1.45 bits per heavy atom. The van der Waals surface area contributed by atoms with Crippen LogP contribution in [0.5, 0.6) is 0 Å². The number of aliphatic imine (C=N–C) groups is 2. The van der Waals surface area contributed by atoms with E-state index in [4.69, 9.17) is 0 Å². The van der Waals surface area contributed by atoms with Crippen molar-refractivity contribution in [1.29, 1.82) is 0 Å². The molecular weight excluding hydrogens is 140 g/mol. The highest BCUT2D eigenvalue weighted by atomic mass is 15.3. The molecule has 0 aromatic rings. The van der Waals surface area contributed by atoms with Gasteiger partial charge in [-0.3, -0.25) is 0 Å². The van der Waals surface area contributed by atoms with Gasteiger partial charge in [0.15, 0.2) is 5.66 Å². The second-order valence-electron chi connectivity index (χ2n) is 2.82. The van der Waals surface area contributed by atoms with E-state index < -0.39 is 5.66 Å². The highest BCUT2D eigenvalue weighted by Crippen LogP contribution is 2.25. The first-order chi connectivity index (χ1) is 5.21. The molecule has 0 bridgehead atoms. The van der Waals surface area contributed by atoms with Crippen LogP contribution in [0.25, 0.3) is 0 Å². The maximum Gasteiger partial charge on any atom is 0.192 e. The van der Waals surface area contributed by atoms with Gasteiger partial charge in [0.05, 0.1) is 12.0 Å². The third-order valence-electron chi connectivity index (χ3n) is 1.86. The average Bonchev–Trinajstić information content (AvgIpc) is 2.28. The zero-order chi connectivity index (χ0) is 7.90. The summed E-state index contributed by atoms with van der Waals surface area (Å²) in [5.74, 6) is 0.900. The number of nitrogens with one attached hydrogen (secondary N) is 2. The molecule has 2 heterocycles. The molecule has 11 heavy (non-hydrogen) atoms. The minimum Gasteiger partial charge on any atom is -0.349 e. The van der Waals surface area contributed by atoms with Crippen LogP contribution in [0.4, 0.5) is 0 Å². The fourth-order valence-electron chi connectivity index (χ4n) is 1.24. The third kappa shape index (κ3) is 0.824. The van der Waals surface area contributed by atoms with Crippen LogP contribution in [0.2, 0.25) is 0 Å². The normalized spacial score (nSPS) is 33.3. The fourth-order valence-corrected chi connectivity index (χ4v) is 1.24. The fraction of sp³-hybridized carbons (Fsp3) is 0.429. The number of nitrogens with zero attached hydrogens (tertiary/aromatic N) is 2. The molecule has 0 fully saturated rings. The minimum absolute atomic E-state index is 0.394. The molecule has 1 unspecified atom stereocenters. The van der Waals surface area contributed by atoms with Crippen LogP contribution in [0.3, 0.4) is 0 Å². The van der Waals surface area contributed by atoms with Gasteiger partial charge in [-0.25, -0.2) is 9.98 Å². The Labute approximate surface area is 65.1 Å². The van der Waals surface area contributed by atoms with Crippen molar-refractivity contribution < 1.29 is 0 Å². The van der Waals surface area contributed by atoms with Crippen LogP contribution in [-0.4, -0.2) is 17.8 Å². The Balaban J connectivity index is 2.42. The molecule has 2 rings (SSSR count). The van der Waals surface area contributed by atoms with Crippen molar-refractivity contribution in [1.82, 2.24) is 10.6 Å². The SMILES string of the molecule is CC1=NC2(C)N=CNC2=CN1. The lowest BCUT2D eigenvalue weighted by Crippen LogP contribution is -2.34. The van der Waals surface area contributed by atoms with Gasteiger partial charge in [0.1, 0.15) is 5.84 Å². The maximum absolute atomic E-state index is 4.35. The largest absolute Gasteiger partial charge is 0.349 e. The summed E-state index contributed by atoms with van der Waals surface area (Å²) in [5, 5.41) is 6.04. The van der Waals surface area contributed by atoms with Gasteiger partial charge in [0, 0.05) is 6.20 Å². The second kappa shape index (κ2) is 1.84. The van der Waals surface area contributed by atoms with Crippen molar-refractivity contribution in [2.24, 2.45) is 9.98 Å². The van der Waals surface area contributed by atoms with E-state index in [1.165, 1.54) is 0 Å². The van der Waals surface area contributed by atoms with Crippen molar-refractivity contribution in [3.8, 4) is 0 Å². The molecule has 2 N–H and O–H groups in total. The Kier molecular flexibility index (Phi) is 1.07. The molecule has 0 aromatic carbocycles. The molecule has 0 radical (unpaired) electrons. The third-order valence-corrected chi connectivity index (χ3v) is 1.86. The van der Waals surface area contributed by atoms with Crippen LogP contribution < -0.4 is 10.6 Å². The molecule has 4 heteroatoms.